The Morgan fingerprint density at radius 2 is 1.89 bits per heavy atom. The molecule has 1 N–H and O–H groups in total. The highest BCUT2D eigenvalue weighted by molar-refractivity contribution is 6.31. The molecule has 0 aliphatic carbocycles. The summed E-state index contributed by atoms with van der Waals surface area (Å²) >= 11 is 12.2. The number of alkyl halides is 3. The molecule has 0 fully saturated rings. The minimum absolute atomic E-state index is 0.0129. The van der Waals surface area contributed by atoms with Gasteiger partial charge in [-0.2, -0.15) is 13.9 Å². The molecule has 3 aromatic heterocycles. The normalized spacial score (nSPS) is 18.8. The smallest absolute Gasteiger partial charge is 0.323 e. The summed E-state index contributed by atoms with van der Waals surface area (Å²) in [5, 5.41) is 14.7. The second-order valence-electron chi connectivity index (χ2n) is 10.4. The zero-order chi connectivity index (χ0) is 31.1. The number of nitrogens with zero attached hydrogens (tertiary/aromatic N) is 7. The molecule has 226 valence electrons. The van der Waals surface area contributed by atoms with Crippen molar-refractivity contribution < 1.29 is 18.0 Å². The maximum absolute atomic E-state index is 15.6. The number of amides is 1. The van der Waals surface area contributed by atoms with E-state index in [2.05, 4.69) is 25.7 Å². The Hall–Kier alpha value is -4.49. The van der Waals surface area contributed by atoms with E-state index in [0.717, 1.165) is 6.20 Å². The standard InChI is InChI=1S/C29H23Cl2F3N8O2/c1-15-7-19(32)10-24(16-3-2-4-17(8-16)27-22(37-28(15)44)12-36-42(27)29(33)34)40-14-35-21(11-26(40)43)20-9-18(30)5-6-23(20)41-13-25(31)38-39-41/h2-6,8-9,11-15,19,24,29H,7,10H2,1H3,(H,37,44). The molecule has 4 heterocycles. The molecule has 2 bridgehead atoms. The highest BCUT2D eigenvalue weighted by Crippen LogP contribution is 2.36. The number of hydrogen-bond donors (Lipinski definition) is 1. The molecule has 1 amide bonds. The molecule has 1 aliphatic rings. The first-order valence-electron chi connectivity index (χ1n) is 13.5. The Bertz CT molecular complexity index is 1920. The van der Waals surface area contributed by atoms with Crippen molar-refractivity contribution in [2.45, 2.75) is 38.5 Å². The third-order valence-corrected chi connectivity index (χ3v) is 7.85. The van der Waals surface area contributed by atoms with Crippen molar-refractivity contribution in [2.24, 2.45) is 5.92 Å². The predicted octanol–water partition coefficient (Wildman–Crippen LogP) is 6.35. The molecule has 0 radical (unpaired) electrons. The van der Waals surface area contributed by atoms with E-state index in [0.29, 0.717) is 32.1 Å². The Kier molecular flexibility index (Phi) is 7.99. The Morgan fingerprint density at radius 3 is 2.61 bits per heavy atom. The monoisotopic (exact) mass is 642 g/mol. The lowest BCUT2D eigenvalue weighted by Gasteiger charge is -2.25. The van der Waals surface area contributed by atoms with E-state index in [4.69, 9.17) is 23.2 Å². The molecule has 2 aromatic carbocycles. The fraction of sp³-hybridized carbons (Fsp3) is 0.241. The molecule has 0 saturated heterocycles. The molecule has 3 unspecified atom stereocenters. The van der Waals surface area contributed by atoms with Crippen molar-refractivity contribution in [3.63, 3.8) is 0 Å². The summed E-state index contributed by atoms with van der Waals surface area (Å²) in [6.45, 7) is -1.44. The fourth-order valence-electron chi connectivity index (χ4n) is 5.34. The molecule has 3 atom stereocenters. The van der Waals surface area contributed by atoms with Crippen LogP contribution in [0.3, 0.4) is 0 Å². The first-order chi connectivity index (χ1) is 21.1. The Balaban J connectivity index is 1.47. The average Bonchev–Trinajstić information content (AvgIpc) is 3.62. The number of rotatable bonds is 4. The minimum Gasteiger partial charge on any atom is -0.323 e. The van der Waals surface area contributed by atoms with Crippen molar-refractivity contribution in [2.75, 3.05) is 5.32 Å². The lowest BCUT2D eigenvalue weighted by molar-refractivity contribution is -0.120. The predicted molar refractivity (Wildman–Crippen MR) is 158 cm³/mol. The van der Waals surface area contributed by atoms with Gasteiger partial charge in [0.2, 0.25) is 5.91 Å². The zero-order valence-electron chi connectivity index (χ0n) is 22.9. The molecular weight excluding hydrogens is 620 g/mol. The minimum atomic E-state index is -2.99. The largest absolute Gasteiger partial charge is 0.333 e. The van der Waals surface area contributed by atoms with E-state index >= 15 is 4.39 Å². The highest BCUT2D eigenvalue weighted by Gasteiger charge is 2.29. The zero-order valence-corrected chi connectivity index (χ0v) is 24.4. The van der Waals surface area contributed by atoms with Crippen LogP contribution in [-0.4, -0.2) is 46.4 Å². The summed E-state index contributed by atoms with van der Waals surface area (Å²) in [6.07, 6.45) is 2.10. The van der Waals surface area contributed by atoms with Gasteiger partial charge in [0.05, 0.1) is 47.5 Å². The quantitative estimate of drug-likeness (QED) is 0.244. The number of fused-ring (bicyclic) bond motifs is 4. The number of benzene rings is 2. The van der Waals surface area contributed by atoms with E-state index in [1.165, 1.54) is 27.8 Å². The van der Waals surface area contributed by atoms with Crippen molar-refractivity contribution in [3.05, 3.63) is 93.3 Å². The molecule has 10 nitrogen and oxygen atoms in total. The van der Waals surface area contributed by atoms with Crippen molar-refractivity contribution in [3.8, 4) is 28.2 Å². The number of anilines is 1. The molecular formula is C29H23Cl2F3N8O2. The first kappa shape index (κ1) is 29.6. The van der Waals surface area contributed by atoms with Gasteiger partial charge in [-0.15, -0.1) is 5.10 Å². The molecule has 5 aromatic rings. The van der Waals surface area contributed by atoms with E-state index in [9.17, 15) is 18.4 Å². The van der Waals surface area contributed by atoms with Gasteiger partial charge < -0.3 is 5.32 Å². The maximum atomic E-state index is 15.6. The number of carbonyl (C=O) groups excluding carboxylic acids is 1. The van der Waals surface area contributed by atoms with Gasteiger partial charge >= 0.3 is 6.55 Å². The number of hydrogen-bond acceptors (Lipinski definition) is 6. The van der Waals surface area contributed by atoms with E-state index in [1.807, 2.05) is 0 Å². The molecule has 15 heteroatoms. The lowest BCUT2D eigenvalue weighted by Crippen LogP contribution is -2.29. The van der Waals surface area contributed by atoms with Gasteiger partial charge in [0, 0.05) is 34.6 Å². The average molecular weight is 643 g/mol. The third kappa shape index (κ3) is 5.72. The summed E-state index contributed by atoms with van der Waals surface area (Å²) in [5.41, 5.74) is 1.59. The van der Waals surface area contributed by atoms with Crippen LogP contribution in [0.25, 0.3) is 28.2 Å². The summed E-state index contributed by atoms with van der Waals surface area (Å²) in [7, 11) is 0. The number of halogens is 5. The molecule has 44 heavy (non-hydrogen) atoms. The van der Waals surface area contributed by atoms with Crippen LogP contribution in [0.5, 0.6) is 0 Å². The highest BCUT2D eigenvalue weighted by atomic mass is 35.5. The number of nitrogens with one attached hydrogen (secondary N) is 1. The first-order valence-corrected chi connectivity index (χ1v) is 14.2. The van der Waals surface area contributed by atoms with Crippen LogP contribution in [0.15, 0.2) is 72.0 Å². The SMILES string of the molecule is CC1CC(F)CC(n2cnc(-c3cc(Cl)ccc3-n3cc(Cl)nn3)cc2=O)c2cccc(c2)-c2c(cnn2C(F)F)NC1=O. The molecule has 0 spiro atoms. The summed E-state index contributed by atoms with van der Waals surface area (Å²) in [5.74, 6) is -1.33. The van der Waals surface area contributed by atoms with E-state index in [1.54, 1.807) is 49.4 Å². The van der Waals surface area contributed by atoms with Crippen molar-refractivity contribution >= 4 is 34.8 Å². The Labute approximate surface area is 258 Å². The van der Waals surface area contributed by atoms with Gasteiger partial charge in [-0.25, -0.2) is 18.7 Å². The van der Waals surface area contributed by atoms with Crippen LogP contribution in [0.2, 0.25) is 10.2 Å². The maximum Gasteiger partial charge on any atom is 0.333 e. The summed E-state index contributed by atoms with van der Waals surface area (Å²) in [6, 6.07) is 11.8. The van der Waals surface area contributed by atoms with Crippen LogP contribution in [0.1, 0.15) is 37.9 Å². The Morgan fingerprint density at radius 1 is 1.07 bits per heavy atom. The van der Waals surface area contributed by atoms with Crippen LogP contribution >= 0.6 is 23.2 Å². The van der Waals surface area contributed by atoms with Gasteiger partial charge in [-0.1, -0.05) is 53.5 Å². The van der Waals surface area contributed by atoms with Gasteiger partial charge in [-0.05, 0) is 36.2 Å². The van der Waals surface area contributed by atoms with Crippen LogP contribution in [0, 0.1) is 5.92 Å². The topological polar surface area (TPSA) is 113 Å². The fourth-order valence-corrected chi connectivity index (χ4v) is 5.64. The van der Waals surface area contributed by atoms with Gasteiger partial charge in [0.25, 0.3) is 5.56 Å². The van der Waals surface area contributed by atoms with Crippen LogP contribution in [-0.2, 0) is 4.79 Å². The number of carbonyl (C=O) groups is 1. The lowest BCUT2D eigenvalue weighted by atomic mass is 9.93. The van der Waals surface area contributed by atoms with Crippen LogP contribution in [0.4, 0.5) is 18.9 Å². The molecule has 1 aliphatic heterocycles. The van der Waals surface area contributed by atoms with E-state index in [-0.39, 0.29) is 35.1 Å². The van der Waals surface area contributed by atoms with Gasteiger partial charge in [0.1, 0.15) is 6.17 Å². The van der Waals surface area contributed by atoms with Crippen molar-refractivity contribution in [1.82, 2.24) is 34.3 Å². The van der Waals surface area contributed by atoms with E-state index < -0.39 is 36.1 Å². The second kappa shape index (κ2) is 11.9. The molecule has 6 rings (SSSR count). The van der Waals surface area contributed by atoms with Crippen LogP contribution < -0.4 is 10.9 Å². The van der Waals surface area contributed by atoms with Crippen molar-refractivity contribution in [1.29, 1.82) is 0 Å². The van der Waals surface area contributed by atoms with Gasteiger partial charge in [0.15, 0.2) is 5.15 Å². The number of aromatic nitrogens is 7. The summed E-state index contributed by atoms with van der Waals surface area (Å²) in [4.78, 5) is 31.1. The van der Waals surface area contributed by atoms with Gasteiger partial charge in [-0.3, -0.25) is 14.2 Å². The summed E-state index contributed by atoms with van der Waals surface area (Å²) < 4.78 is 46.7. The third-order valence-electron chi connectivity index (χ3n) is 7.44. The molecule has 0 saturated carbocycles. The second-order valence-corrected chi connectivity index (χ2v) is 11.2.